The van der Waals surface area contributed by atoms with Crippen molar-refractivity contribution < 1.29 is 18.8 Å². The molecule has 1 N–H and O–H groups in total. The van der Waals surface area contributed by atoms with E-state index in [1.807, 2.05) is 31.2 Å². The molecule has 1 fully saturated rings. The lowest BCUT2D eigenvalue weighted by Crippen LogP contribution is -2.23. The SMILES string of the molecule is CC(=O)NC(C)c1cc(-c2cnc(Oc3cccc(OCC4CC4)c3)s2)no1. The number of carbonyl (C=O) groups is 1. The summed E-state index contributed by atoms with van der Waals surface area (Å²) in [6.45, 7) is 4.06. The predicted molar refractivity (Wildman–Crippen MR) is 105 cm³/mol. The number of thiazole rings is 1. The van der Waals surface area contributed by atoms with Gasteiger partial charge in [-0.15, -0.1) is 0 Å². The summed E-state index contributed by atoms with van der Waals surface area (Å²) in [5.41, 5.74) is 0.654. The highest BCUT2D eigenvalue weighted by Crippen LogP contribution is 2.35. The van der Waals surface area contributed by atoms with Crippen LogP contribution in [0, 0.1) is 5.92 Å². The third kappa shape index (κ3) is 4.69. The molecule has 0 saturated heterocycles. The normalized spacial score (nSPS) is 14.5. The number of rotatable bonds is 8. The lowest BCUT2D eigenvalue weighted by molar-refractivity contribution is -0.119. The molecule has 1 saturated carbocycles. The molecule has 0 bridgehead atoms. The number of carbonyl (C=O) groups excluding carboxylic acids is 1. The van der Waals surface area contributed by atoms with Gasteiger partial charge in [0, 0.05) is 19.1 Å². The minimum absolute atomic E-state index is 0.123. The first kappa shape index (κ1) is 18.5. The molecule has 1 aliphatic carbocycles. The fraction of sp³-hybridized carbons (Fsp3) is 0.350. The summed E-state index contributed by atoms with van der Waals surface area (Å²) in [6, 6.07) is 9.11. The standard InChI is InChI=1S/C20H21N3O4S/c1-12(22-13(2)24)18-9-17(23-27-18)19-10-21-20(28-19)26-16-5-3-4-15(8-16)25-11-14-6-7-14/h3-5,8-10,12,14H,6-7,11H2,1-2H3,(H,22,24). The van der Waals surface area contributed by atoms with Gasteiger partial charge in [-0.2, -0.15) is 0 Å². The van der Waals surface area contributed by atoms with Crippen LogP contribution in [-0.4, -0.2) is 22.7 Å². The van der Waals surface area contributed by atoms with E-state index in [0.29, 0.717) is 28.3 Å². The molecule has 3 aromatic rings. The number of hydrogen-bond donors (Lipinski definition) is 1. The smallest absolute Gasteiger partial charge is 0.279 e. The van der Waals surface area contributed by atoms with Gasteiger partial charge in [0.2, 0.25) is 5.91 Å². The first-order valence-electron chi connectivity index (χ1n) is 9.17. The van der Waals surface area contributed by atoms with E-state index in [0.717, 1.165) is 17.2 Å². The summed E-state index contributed by atoms with van der Waals surface area (Å²) < 4.78 is 17.0. The largest absolute Gasteiger partial charge is 0.493 e. The molecular weight excluding hydrogens is 378 g/mol. The monoisotopic (exact) mass is 399 g/mol. The summed E-state index contributed by atoms with van der Waals surface area (Å²) >= 11 is 1.37. The van der Waals surface area contributed by atoms with Gasteiger partial charge in [-0.05, 0) is 37.8 Å². The third-order valence-electron chi connectivity index (χ3n) is 4.31. The molecular formula is C20H21N3O4S. The summed E-state index contributed by atoms with van der Waals surface area (Å²) in [7, 11) is 0. The molecule has 1 aliphatic rings. The number of nitrogens with zero attached hydrogens (tertiary/aromatic N) is 2. The maximum Gasteiger partial charge on any atom is 0.279 e. The van der Waals surface area contributed by atoms with E-state index in [2.05, 4.69) is 15.5 Å². The highest BCUT2D eigenvalue weighted by Gasteiger charge is 2.22. The van der Waals surface area contributed by atoms with Crippen LogP contribution in [0.5, 0.6) is 16.7 Å². The van der Waals surface area contributed by atoms with Crippen molar-refractivity contribution in [1.82, 2.24) is 15.5 Å². The first-order chi connectivity index (χ1) is 13.6. The average Bonchev–Trinajstić information content (AvgIpc) is 3.15. The first-order valence-corrected chi connectivity index (χ1v) is 9.99. The van der Waals surface area contributed by atoms with E-state index in [9.17, 15) is 4.79 Å². The van der Waals surface area contributed by atoms with Gasteiger partial charge in [0.05, 0.1) is 23.7 Å². The molecule has 2 heterocycles. The number of hydrogen-bond acceptors (Lipinski definition) is 7. The highest BCUT2D eigenvalue weighted by molar-refractivity contribution is 7.16. The molecule has 1 unspecified atom stereocenters. The van der Waals surface area contributed by atoms with Crippen molar-refractivity contribution >= 4 is 17.2 Å². The van der Waals surface area contributed by atoms with Gasteiger partial charge in [0.1, 0.15) is 17.2 Å². The van der Waals surface area contributed by atoms with Gasteiger partial charge >= 0.3 is 0 Å². The Morgan fingerprint density at radius 1 is 1.36 bits per heavy atom. The number of benzene rings is 1. The maximum atomic E-state index is 11.2. The average molecular weight is 399 g/mol. The third-order valence-corrected chi connectivity index (χ3v) is 5.20. The van der Waals surface area contributed by atoms with Crippen molar-refractivity contribution in [3.05, 3.63) is 42.3 Å². The van der Waals surface area contributed by atoms with Gasteiger partial charge in [-0.3, -0.25) is 4.79 Å². The number of nitrogens with one attached hydrogen (secondary N) is 1. The molecule has 1 atom stereocenters. The minimum Gasteiger partial charge on any atom is -0.493 e. The quantitative estimate of drug-likeness (QED) is 0.597. The summed E-state index contributed by atoms with van der Waals surface area (Å²) in [4.78, 5) is 16.3. The van der Waals surface area contributed by atoms with E-state index in [-0.39, 0.29) is 11.9 Å². The van der Waals surface area contributed by atoms with Crippen molar-refractivity contribution in [1.29, 1.82) is 0 Å². The molecule has 0 aliphatic heterocycles. The van der Waals surface area contributed by atoms with Crippen molar-refractivity contribution in [2.45, 2.75) is 32.7 Å². The number of amides is 1. The van der Waals surface area contributed by atoms with Gasteiger partial charge in [-0.1, -0.05) is 22.6 Å². The van der Waals surface area contributed by atoms with E-state index in [1.165, 1.54) is 31.1 Å². The predicted octanol–water partition coefficient (Wildman–Crippen LogP) is 4.58. The summed E-state index contributed by atoms with van der Waals surface area (Å²) in [6.07, 6.45) is 4.20. The van der Waals surface area contributed by atoms with Gasteiger partial charge in [0.15, 0.2) is 5.76 Å². The zero-order chi connectivity index (χ0) is 19.5. The molecule has 7 nitrogen and oxygen atoms in total. The Bertz CT molecular complexity index is 964. The van der Waals surface area contributed by atoms with Crippen LogP contribution in [0.2, 0.25) is 0 Å². The molecule has 4 rings (SSSR count). The van der Waals surface area contributed by atoms with Gasteiger partial charge in [-0.25, -0.2) is 4.98 Å². The van der Waals surface area contributed by atoms with Crippen LogP contribution in [0.3, 0.4) is 0 Å². The molecule has 1 amide bonds. The number of aromatic nitrogens is 2. The van der Waals surface area contributed by atoms with Crippen LogP contribution in [0.15, 0.2) is 41.1 Å². The van der Waals surface area contributed by atoms with E-state index in [1.54, 1.807) is 12.3 Å². The van der Waals surface area contributed by atoms with E-state index < -0.39 is 0 Å². The Morgan fingerprint density at radius 2 is 2.18 bits per heavy atom. The van der Waals surface area contributed by atoms with Gasteiger partial charge < -0.3 is 19.3 Å². The second-order valence-electron chi connectivity index (χ2n) is 6.86. The van der Waals surface area contributed by atoms with Crippen LogP contribution in [-0.2, 0) is 4.79 Å². The molecule has 1 aromatic carbocycles. The van der Waals surface area contributed by atoms with E-state index in [4.69, 9.17) is 14.0 Å². The van der Waals surface area contributed by atoms with Crippen molar-refractivity contribution in [3.8, 4) is 27.3 Å². The topological polar surface area (TPSA) is 86.5 Å². The maximum absolute atomic E-state index is 11.2. The fourth-order valence-corrected chi connectivity index (χ4v) is 3.37. The Hall–Kier alpha value is -2.87. The second-order valence-corrected chi connectivity index (χ2v) is 7.85. The van der Waals surface area contributed by atoms with Crippen molar-refractivity contribution in [3.63, 3.8) is 0 Å². The van der Waals surface area contributed by atoms with Crippen LogP contribution in [0.4, 0.5) is 0 Å². The van der Waals surface area contributed by atoms with Crippen molar-refractivity contribution in [2.75, 3.05) is 6.61 Å². The lowest BCUT2D eigenvalue weighted by Gasteiger charge is -2.07. The molecule has 28 heavy (non-hydrogen) atoms. The molecule has 0 spiro atoms. The Morgan fingerprint density at radius 3 is 2.96 bits per heavy atom. The highest BCUT2D eigenvalue weighted by atomic mass is 32.1. The van der Waals surface area contributed by atoms with Crippen molar-refractivity contribution in [2.24, 2.45) is 5.92 Å². The zero-order valence-electron chi connectivity index (χ0n) is 15.7. The number of ether oxygens (including phenoxy) is 2. The molecule has 2 aromatic heterocycles. The zero-order valence-corrected chi connectivity index (χ0v) is 16.5. The molecule has 146 valence electrons. The van der Waals surface area contributed by atoms with Crippen LogP contribution in [0.25, 0.3) is 10.6 Å². The van der Waals surface area contributed by atoms with Crippen LogP contribution >= 0.6 is 11.3 Å². The minimum atomic E-state index is -0.249. The van der Waals surface area contributed by atoms with E-state index >= 15 is 0 Å². The lowest BCUT2D eigenvalue weighted by atomic mass is 10.2. The molecule has 0 radical (unpaired) electrons. The summed E-state index contributed by atoms with van der Waals surface area (Å²) in [5.74, 6) is 2.64. The Balaban J connectivity index is 1.41. The van der Waals surface area contributed by atoms with Gasteiger partial charge in [0.25, 0.3) is 5.19 Å². The Labute approximate surface area is 166 Å². The van der Waals surface area contributed by atoms with Crippen LogP contribution in [0.1, 0.15) is 38.5 Å². The van der Waals surface area contributed by atoms with Crippen LogP contribution < -0.4 is 14.8 Å². The molecule has 8 heteroatoms. The second kappa shape index (κ2) is 8.02. The Kier molecular flexibility index (Phi) is 5.29. The fourth-order valence-electron chi connectivity index (χ4n) is 2.64. The summed E-state index contributed by atoms with van der Waals surface area (Å²) in [5, 5.41) is 7.34.